The van der Waals surface area contributed by atoms with E-state index in [1.54, 1.807) is 26.9 Å². The van der Waals surface area contributed by atoms with Gasteiger partial charge >= 0.3 is 0 Å². The molecule has 3 amide bonds. The first-order chi connectivity index (χ1) is 19.7. The van der Waals surface area contributed by atoms with E-state index in [4.69, 9.17) is 4.74 Å². The van der Waals surface area contributed by atoms with Crippen LogP contribution >= 0.6 is 0 Å². The molecular weight excluding hydrogens is 518 g/mol. The third kappa shape index (κ3) is 5.73. The molecule has 2 unspecified atom stereocenters. The molecule has 8 nitrogen and oxygen atoms in total. The maximum absolute atomic E-state index is 14.7. The van der Waals surface area contributed by atoms with E-state index >= 15 is 0 Å². The Labute approximate surface area is 245 Å². The second-order valence-electron chi connectivity index (χ2n) is 11.8. The molecule has 224 valence electrons. The molecule has 1 aromatic carbocycles. The van der Waals surface area contributed by atoms with E-state index in [2.05, 4.69) is 13.2 Å². The second-order valence-corrected chi connectivity index (χ2v) is 11.8. The first-order valence-electron chi connectivity index (χ1n) is 15.2. The van der Waals surface area contributed by atoms with Crippen LogP contribution in [0, 0.1) is 25.7 Å². The third-order valence-electron chi connectivity index (χ3n) is 9.01. The molecular formula is C33H47N3O5. The van der Waals surface area contributed by atoms with Gasteiger partial charge in [0.15, 0.2) is 0 Å². The van der Waals surface area contributed by atoms with Gasteiger partial charge < -0.3 is 24.5 Å². The summed E-state index contributed by atoms with van der Waals surface area (Å²) in [5.74, 6) is -1.71. The second kappa shape index (κ2) is 13.3. The highest BCUT2D eigenvalue weighted by Crippen LogP contribution is 2.59. The van der Waals surface area contributed by atoms with Gasteiger partial charge in [0, 0.05) is 38.5 Å². The van der Waals surface area contributed by atoms with Crippen LogP contribution in [0.25, 0.3) is 0 Å². The molecule has 2 bridgehead atoms. The number of hydrogen-bond acceptors (Lipinski definition) is 5. The summed E-state index contributed by atoms with van der Waals surface area (Å²) in [5, 5.41) is 9.20. The summed E-state index contributed by atoms with van der Waals surface area (Å²) in [7, 11) is 0. The largest absolute Gasteiger partial charge is 0.396 e. The molecule has 0 radical (unpaired) electrons. The van der Waals surface area contributed by atoms with Crippen LogP contribution in [0.15, 0.2) is 43.5 Å². The first-order valence-corrected chi connectivity index (χ1v) is 15.2. The molecule has 1 aromatic rings. The summed E-state index contributed by atoms with van der Waals surface area (Å²) in [4.78, 5) is 48.2. The maximum Gasteiger partial charge on any atom is 0.253 e. The Kier molecular flexibility index (Phi) is 10.1. The number of unbranched alkanes of at least 4 members (excludes halogenated alkanes) is 3. The number of nitrogens with zero attached hydrogens (tertiary/aromatic N) is 3. The van der Waals surface area contributed by atoms with E-state index in [1.165, 1.54) is 0 Å². The molecule has 3 fully saturated rings. The number of ether oxygens (including phenoxy) is 1. The van der Waals surface area contributed by atoms with E-state index in [-0.39, 0.29) is 30.4 Å². The van der Waals surface area contributed by atoms with Crippen molar-refractivity contribution in [3.8, 4) is 0 Å². The van der Waals surface area contributed by atoms with Crippen molar-refractivity contribution in [1.29, 1.82) is 0 Å². The number of hydrogen-bond donors (Lipinski definition) is 1. The summed E-state index contributed by atoms with van der Waals surface area (Å²) >= 11 is 0. The van der Waals surface area contributed by atoms with Crippen LogP contribution in [-0.2, 0) is 19.1 Å². The van der Waals surface area contributed by atoms with Crippen LogP contribution in [0.1, 0.15) is 63.0 Å². The van der Waals surface area contributed by atoms with Gasteiger partial charge in [-0.2, -0.15) is 0 Å². The van der Waals surface area contributed by atoms with Crippen LogP contribution in [0.4, 0.5) is 5.69 Å². The number of anilines is 1. The Morgan fingerprint density at radius 1 is 1.12 bits per heavy atom. The van der Waals surface area contributed by atoms with Crippen molar-refractivity contribution in [2.75, 3.05) is 37.7 Å². The SMILES string of the molecule is C=CCN(CCC)C(=O)[C@@H]1[C@@H]2CCC3(O2)C(C(=O)N(CC=C)c2cc(C)ccc2C)N(CCCCCCO)C(=O)[C@H]13. The lowest BCUT2D eigenvalue weighted by molar-refractivity contribution is -0.145. The number of aryl methyl sites for hydroxylation is 2. The number of carbonyl (C=O) groups excluding carboxylic acids is 3. The molecule has 1 N–H and O–H groups in total. The maximum atomic E-state index is 14.7. The van der Waals surface area contributed by atoms with Gasteiger partial charge in [-0.1, -0.05) is 44.1 Å². The molecule has 4 rings (SSSR count). The smallest absolute Gasteiger partial charge is 0.253 e. The quantitative estimate of drug-likeness (QED) is 0.255. The molecule has 1 spiro atoms. The van der Waals surface area contributed by atoms with Gasteiger partial charge in [-0.25, -0.2) is 0 Å². The molecule has 3 heterocycles. The van der Waals surface area contributed by atoms with Crippen LogP contribution in [-0.4, -0.2) is 83.2 Å². The summed E-state index contributed by atoms with van der Waals surface area (Å²) < 4.78 is 6.68. The van der Waals surface area contributed by atoms with Gasteiger partial charge in [0.1, 0.15) is 11.6 Å². The van der Waals surface area contributed by atoms with Gasteiger partial charge in [-0.3, -0.25) is 14.4 Å². The van der Waals surface area contributed by atoms with Crippen molar-refractivity contribution in [1.82, 2.24) is 9.80 Å². The van der Waals surface area contributed by atoms with E-state index < -0.39 is 23.5 Å². The molecule has 41 heavy (non-hydrogen) atoms. The number of fused-ring (bicyclic) bond motifs is 1. The zero-order chi connectivity index (χ0) is 29.7. The molecule has 5 atom stereocenters. The minimum atomic E-state index is -1.03. The standard InChI is InChI=1S/C33H47N3O5/c1-6-17-34(18-7-2)30(38)27-26-15-16-33(41-26)28(27)31(39)36(20-11-9-10-12-21-37)29(33)32(40)35(19-8-3)25-22-23(4)13-14-24(25)5/h6,8,13-14,22,26-29,37H,1,3,7,9-12,15-21H2,2,4-5H3/t26-,27+,28-,29?,33?/m0/s1. The number of amides is 3. The van der Waals surface area contributed by atoms with Crippen molar-refractivity contribution in [3.63, 3.8) is 0 Å². The molecule has 8 heteroatoms. The van der Waals surface area contributed by atoms with Crippen molar-refractivity contribution >= 4 is 23.4 Å². The number of benzene rings is 1. The summed E-state index contributed by atoms with van der Waals surface area (Å²) in [6.07, 6.45) is 8.18. The zero-order valence-electron chi connectivity index (χ0n) is 25.0. The number of likely N-dealkylation sites (tertiary alicyclic amines) is 1. The van der Waals surface area contributed by atoms with E-state index in [0.717, 1.165) is 36.1 Å². The van der Waals surface area contributed by atoms with E-state index in [0.29, 0.717) is 51.9 Å². The van der Waals surface area contributed by atoms with Crippen molar-refractivity contribution in [3.05, 3.63) is 54.6 Å². The lowest BCUT2D eigenvalue weighted by atomic mass is 9.70. The normalized spacial score (nSPS) is 26.2. The fraction of sp³-hybridized carbons (Fsp3) is 0.606. The Morgan fingerprint density at radius 3 is 2.54 bits per heavy atom. The van der Waals surface area contributed by atoms with E-state index in [1.807, 2.05) is 39.0 Å². The Morgan fingerprint density at radius 2 is 1.85 bits per heavy atom. The van der Waals surface area contributed by atoms with Gasteiger partial charge in [0.05, 0.1) is 17.9 Å². The van der Waals surface area contributed by atoms with Gasteiger partial charge in [0.2, 0.25) is 11.8 Å². The number of carbonyl (C=O) groups is 3. The molecule has 3 saturated heterocycles. The van der Waals surface area contributed by atoms with Crippen molar-refractivity contribution in [2.45, 2.75) is 83.5 Å². The molecule has 0 aliphatic carbocycles. The number of aliphatic hydroxyl groups excluding tert-OH is 1. The first kappa shape index (κ1) is 31.0. The highest BCUT2D eigenvalue weighted by Gasteiger charge is 2.74. The molecule has 3 aliphatic heterocycles. The lowest BCUT2D eigenvalue weighted by Gasteiger charge is -2.37. The molecule has 0 aromatic heterocycles. The predicted molar refractivity (Wildman–Crippen MR) is 160 cm³/mol. The van der Waals surface area contributed by atoms with Crippen molar-refractivity contribution in [2.24, 2.45) is 11.8 Å². The highest BCUT2D eigenvalue weighted by atomic mass is 16.5. The van der Waals surface area contributed by atoms with Crippen LogP contribution in [0.3, 0.4) is 0 Å². The highest BCUT2D eigenvalue weighted by molar-refractivity contribution is 6.05. The lowest BCUT2D eigenvalue weighted by Crippen LogP contribution is -2.56. The fourth-order valence-electron chi connectivity index (χ4n) is 7.22. The monoisotopic (exact) mass is 565 g/mol. The summed E-state index contributed by atoms with van der Waals surface area (Å²) in [6, 6.07) is 5.20. The summed E-state index contributed by atoms with van der Waals surface area (Å²) in [6.45, 7) is 15.6. The Hall–Kier alpha value is -2.97. The third-order valence-corrected chi connectivity index (χ3v) is 9.01. The van der Waals surface area contributed by atoms with Gasteiger partial charge in [-0.15, -0.1) is 13.2 Å². The van der Waals surface area contributed by atoms with Crippen LogP contribution in [0.5, 0.6) is 0 Å². The van der Waals surface area contributed by atoms with Crippen LogP contribution in [0.2, 0.25) is 0 Å². The van der Waals surface area contributed by atoms with Crippen molar-refractivity contribution < 1.29 is 24.2 Å². The number of aliphatic hydroxyl groups is 1. The molecule has 0 saturated carbocycles. The van der Waals surface area contributed by atoms with Gasteiger partial charge in [-0.05, 0) is 63.1 Å². The summed E-state index contributed by atoms with van der Waals surface area (Å²) in [5.41, 5.74) is 1.76. The Balaban J connectivity index is 1.74. The number of rotatable bonds is 15. The van der Waals surface area contributed by atoms with Crippen LogP contribution < -0.4 is 4.90 Å². The topological polar surface area (TPSA) is 90.4 Å². The zero-order valence-corrected chi connectivity index (χ0v) is 25.0. The minimum absolute atomic E-state index is 0.0786. The fourth-order valence-corrected chi connectivity index (χ4v) is 7.22. The average Bonchev–Trinajstić information content (AvgIpc) is 3.59. The Bertz CT molecular complexity index is 1150. The average molecular weight is 566 g/mol. The minimum Gasteiger partial charge on any atom is -0.396 e. The van der Waals surface area contributed by atoms with Gasteiger partial charge in [0.25, 0.3) is 5.91 Å². The predicted octanol–water partition coefficient (Wildman–Crippen LogP) is 4.17. The molecule has 3 aliphatic rings. The van der Waals surface area contributed by atoms with E-state index in [9.17, 15) is 19.5 Å².